The van der Waals surface area contributed by atoms with Gasteiger partial charge in [-0.15, -0.1) is 0 Å². The molecule has 3 aromatic heterocycles. The number of aromatic nitrogens is 6. The van der Waals surface area contributed by atoms with Gasteiger partial charge in [0.05, 0.1) is 28.7 Å². The van der Waals surface area contributed by atoms with Gasteiger partial charge in [0.2, 0.25) is 5.95 Å². The lowest BCUT2D eigenvalue weighted by Crippen LogP contribution is -2.30. The molecule has 6 N–H and O–H groups in total. The SMILES string of the molecule is Cc1cn[nH]c1-n1c(C(Nc2nc(N)nc(N)c2C#N)C2CC2)nc2c(C#N)cccc2c1=O. The van der Waals surface area contributed by atoms with Crippen molar-refractivity contribution in [3.63, 3.8) is 0 Å². The minimum atomic E-state index is -0.535. The average molecular weight is 453 g/mol. The fraction of sp³-hybridized carbons (Fsp3) is 0.227. The van der Waals surface area contributed by atoms with Gasteiger partial charge in [-0.3, -0.25) is 9.89 Å². The number of nitriles is 2. The Labute approximate surface area is 192 Å². The molecule has 0 amide bonds. The molecular formula is C22H19N11O. The zero-order valence-corrected chi connectivity index (χ0v) is 18.1. The van der Waals surface area contributed by atoms with Crippen molar-refractivity contribution in [2.75, 3.05) is 16.8 Å². The third kappa shape index (κ3) is 3.34. The van der Waals surface area contributed by atoms with Crippen molar-refractivity contribution < 1.29 is 0 Å². The molecule has 1 atom stereocenters. The molecule has 12 heteroatoms. The molecule has 4 aromatic rings. The van der Waals surface area contributed by atoms with Crippen molar-refractivity contribution in [3.05, 3.63) is 57.3 Å². The van der Waals surface area contributed by atoms with E-state index >= 15 is 0 Å². The predicted octanol–water partition coefficient (Wildman–Crippen LogP) is 1.68. The van der Waals surface area contributed by atoms with Crippen molar-refractivity contribution >= 4 is 28.5 Å². The first kappa shape index (κ1) is 20.9. The minimum absolute atomic E-state index is 0.0463. The summed E-state index contributed by atoms with van der Waals surface area (Å²) in [5.74, 6) is 0.930. The molecule has 1 fully saturated rings. The first-order valence-corrected chi connectivity index (χ1v) is 10.5. The van der Waals surface area contributed by atoms with Crippen molar-refractivity contribution in [1.82, 2.24) is 29.7 Å². The molecule has 168 valence electrons. The highest BCUT2D eigenvalue weighted by Crippen LogP contribution is 2.43. The number of nitrogens with zero attached hydrogens (tertiary/aromatic N) is 7. The predicted molar refractivity (Wildman–Crippen MR) is 124 cm³/mol. The molecule has 0 saturated heterocycles. The maximum Gasteiger partial charge on any atom is 0.267 e. The van der Waals surface area contributed by atoms with Gasteiger partial charge in [-0.1, -0.05) is 6.07 Å². The van der Waals surface area contributed by atoms with Crippen LogP contribution in [-0.4, -0.2) is 29.7 Å². The highest BCUT2D eigenvalue weighted by molar-refractivity contribution is 5.83. The van der Waals surface area contributed by atoms with E-state index in [-0.39, 0.29) is 40.2 Å². The third-order valence-corrected chi connectivity index (χ3v) is 5.80. The molecule has 34 heavy (non-hydrogen) atoms. The number of aromatic amines is 1. The molecule has 1 aliphatic rings. The molecule has 1 saturated carbocycles. The molecule has 1 aliphatic carbocycles. The second kappa shape index (κ2) is 7.86. The van der Waals surface area contributed by atoms with Crippen LogP contribution in [0.4, 0.5) is 17.6 Å². The van der Waals surface area contributed by atoms with Crippen LogP contribution in [0.3, 0.4) is 0 Å². The molecule has 0 spiro atoms. The van der Waals surface area contributed by atoms with Gasteiger partial charge < -0.3 is 16.8 Å². The largest absolute Gasteiger partial charge is 0.382 e. The Morgan fingerprint density at radius 2 is 2.00 bits per heavy atom. The van der Waals surface area contributed by atoms with Crippen molar-refractivity contribution in [2.45, 2.75) is 25.8 Å². The van der Waals surface area contributed by atoms with Crippen molar-refractivity contribution in [3.8, 4) is 18.0 Å². The number of nitrogens with one attached hydrogen (secondary N) is 2. The maximum atomic E-state index is 13.7. The maximum absolute atomic E-state index is 13.7. The van der Waals surface area contributed by atoms with E-state index in [0.717, 1.165) is 18.4 Å². The van der Waals surface area contributed by atoms with Gasteiger partial charge in [0.25, 0.3) is 5.56 Å². The van der Waals surface area contributed by atoms with E-state index in [9.17, 15) is 15.3 Å². The summed E-state index contributed by atoms with van der Waals surface area (Å²) in [5.41, 5.74) is 12.7. The summed E-state index contributed by atoms with van der Waals surface area (Å²) in [5, 5.41) is 29.7. The molecule has 12 nitrogen and oxygen atoms in total. The summed E-state index contributed by atoms with van der Waals surface area (Å²) in [4.78, 5) is 26.6. The Balaban J connectivity index is 1.79. The number of hydrogen-bond donors (Lipinski definition) is 4. The molecule has 0 aliphatic heterocycles. The highest BCUT2D eigenvalue weighted by atomic mass is 16.1. The van der Waals surface area contributed by atoms with Gasteiger partial charge in [-0.2, -0.15) is 25.6 Å². The van der Waals surface area contributed by atoms with Crippen LogP contribution in [0.2, 0.25) is 0 Å². The monoisotopic (exact) mass is 453 g/mol. The molecule has 0 radical (unpaired) electrons. The Morgan fingerprint density at radius 1 is 1.21 bits per heavy atom. The van der Waals surface area contributed by atoms with E-state index in [0.29, 0.717) is 22.5 Å². The van der Waals surface area contributed by atoms with Crippen LogP contribution in [0.15, 0.2) is 29.2 Å². The van der Waals surface area contributed by atoms with Crippen molar-refractivity contribution in [2.24, 2.45) is 5.92 Å². The van der Waals surface area contributed by atoms with Crippen LogP contribution in [0.25, 0.3) is 16.7 Å². The summed E-state index contributed by atoms with van der Waals surface area (Å²) < 4.78 is 1.46. The van der Waals surface area contributed by atoms with Crippen LogP contribution < -0.4 is 22.3 Å². The number of benzene rings is 1. The molecular weight excluding hydrogens is 434 g/mol. The van der Waals surface area contributed by atoms with Gasteiger partial charge >= 0.3 is 0 Å². The fourth-order valence-electron chi connectivity index (χ4n) is 3.99. The summed E-state index contributed by atoms with van der Waals surface area (Å²) >= 11 is 0. The topological polar surface area (TPSA) is 201 Å². The Morgan fingerprint density at radius 3 is 2.65 bits per heavy atom. The van der Waals surface area contributed by atoms with E-state index in [1.54, 1.807) is 24.4 Å². The van der Waals surface area contributed by atoms with Crippen LogP contribution in [0.5, 0.6) is 0 Å². The van der Waals surface area contributed by atoms with Gasteiger partial charge in [-0.05, 0) is 37.8 Å². The second-order valence-corrected chi connectivity index (χ2v) is 8.09. The standard InChI is InChI=1S/C22H19N11O/c1-10-9-27-32-19(10)33-20(29-15-12(7-23)3-2-4-13(15)21(33)34)16(11-5-6-11)28-18-14(8-24)17(25)30-22(26)31-18/h2-4,9,11,16H,5-6H2,1H3,(H,27,32)(H5,25,26,28,30,31). The molecule has 1 aromatic carbocycles. The van der Waals surface area contributed by atoms with Crippen LogP contribution >= 0.6 is 0 Å². The first-order valence-electron chi connectivity index (χ1n) is 10.5. The van der Waals surface area contributed by atoms with Crippen molar-refractivity contribution in [1.29, 1.82) is 10.5 Å². The zero-order chi connectivity index (χ0) is 24.0. The van der Waals surface area contributed by atoms with Gasteiger partial charge in [0, 0.05) is 5.56 Å². The second-order valence-electron chi connectivity index (χ2n) is 8.09. The van der Waals surface area contributed by atoms with Gasteiger partial charge in [0.1, 0.15) is 35.2 Å². The number of anilines is 3. The van der Waals surface area contributed by atoms with E-state index < -0.39 is 6.04 Å². The summed E-state index contributed by atoms with van der Waals surface area (Å²) in [7, 11) is 0. The fourth-order valence-corrected chi connectivity index (χ4v) is 3.99. The zero-order valence-electron chi connectivity index (χ0n) is 18.1. The quantitative estimate of drug-likeness (QED) is 0.344. The minimum Gasteiger partial charge on any atom is -0.382 e. The Bertz CT molecular complexity index is 1580. The molecule has 5 rings (SSSR count). The highest BCUT2D eigenvalue weighted by Gasteiger charge is 2.37. The normalized spacial score (nSPS) is 13.9. The number of fused-ring (bicyclic) bond motifs is 1. The average Bonchev–Trinajstić information content (AvgIpc) is 3.57. The molecule has 1 unspecified atom stereocenters. The summed E-state index contributed by atoms with van der Waals surface area (Å²) in [6.07, 6.45) is 3.34. The number of nitrogens with two attached hydrogens (primary N) is 2. The van der Waals surface area contributed by atoms with Gasteiger partial charge in [-0.25, -0.2) is 9.55 Å². The lowest BCUT2D eigenvalue weighted by atomic mass is 10.1. The Kier molecular flexibility index (Phi) is 4.84. The summed E-state index contributed by atoms with van der Waals surface area (Å²) in [6, 6.07) is 8.47. The molecule has 3 heterocycles. The van der Waals surface area contributed by atoms with E-state index in [1.807, 2.05) is 13.0 Å². The van der Waals surface area contributed by atoms with E-state index in [2.05, 4.69) is 31.6 Å². The smallest absolute Gasteiger partial charge is 0.267 e. The number of H-pyrrole nitrogens is 1. The number of hydrogen-bond acceptors (Lipinski definition) is 10. The number of aryl methyl sites for hydroxylation is 1. The Hall–Kier alpha value is -4.97. The molecule has 0 bridgehead atoms. The third-order valence-electron chi connectivity index (χ3n) is 5.80. The lowest BCUT2D eigenvalue weighted by molar-refractivity contribution is 0.604. The van der Waals surface area contributed by atoms with Gasteiger partial charge in [0.15, 0.2) is 5.82 Å². The van der Waals surface area contributed by atoms with E-state index in [1.165, 1.54) is 4.57 Å². The van der Waals surface area contributed by atoms with Crippen LogP contribution in [-0.2, 0) is 0 Å². The number of para-hydroxylation sites is 1. The van der Waals surface area contributed by atoms with Crippen LogP contribution in [0.1, 0.15) is 41.4 Å². The van der Waals surface area contributed by atoms with Crippen LogP contribution in [0, 0.1) is 35.5 Å². The first-order chi connectivity index (χ1) is 16.4. The lowest BCUT2D eigenvalue weighted by Gasteiger charge is -2.23. The number of nitrogen functional groups attached to an aromatic ring is 2. The van der Waals surface area contributed by atoms with E-state index in [4.69, 9.17) is 16.5 Å². The summed E-state index contributed by atoms with van der Waals surface area (Å²) in [6.45, 7) is 1.82. The number of rotatable bonds is 5.